The molecule has 1 aromatic rings. The molecule has 4 nitrogen and oxygen atoms in total. The van der Waals surface area contributed by atoms with Crippen LogP contribution < -0.4 is 5.73 Å². The number of nitrogens with two attached hydrogens (primary N) is 1. The van der Waals surface area contributed by atoms with E-state index in [4.69, 9.17) is 5.73 Å². The Hall–Kier alpha value is -1.53. The van der Waals surface area contributed by atoms with Gasteiger partial charge in [-0.1, -0.05) is 12.1 Å². The molecule has 2 N–H and O–H groups in total. The molecule has 3 atom stereocenters. The van der Waals surface area contributed by atoms with E-state index in [1.807, 2.05) is 0 Å². The summed E-state index contributed by atoms with van der Waals surface area (Å²) in [6, 6.07) is 4.77. The zero-order chi connectivity index (χ0) is 16.1. The van der Waals surface area contributed by atoms with Gasteiger partial charge in [0.05, 0.1) is 6.54 Å². The van der Waals surface area contributed by atoms with E-state index in [1.165, 1.54) is 0 Å². The molecule has 0 unspecified atom stereocenters. The number of nitrogens with zero attached hydrogens (tertiary/aromatic N) is 2. The minimum atomic E-state index is -0.802. The normalized spacial score (nSPS) is 36.2. The van der Waals surface area contributed by atoms with Crippen molar-refractivity contribution in [2.75, 3.05) is 26.2 Å². The smallest absolute Gasteiger partial charge is 0.231 e. The molecule has 0 spiro atoms. The van der Waals surface area contributed by atoms with Gasteiger partial charge in [0.2, 0.25) is 5.91 Å². The zero-order valence-electron chi connectivity index (χ0n) is 12.9. The van der Waals surface area contributed by atoms with Gasteiger partial charge >= 0.3 is 0 Å². The van der Waals surface area contributed by atoms with Gasteiger partial charge in [-0.2, -0.15) is 0 Å². The molecule has 4 saturated heterocycles. The molecule has 4 heterocycles. The standard InChI is InChI=1S/C17H21F2N3O/c18-13-3-1-2-11(15(13)19)12-8-22(9-14(20)23)16-10-4-6-21(7-5-10)17(12)16/h1-3,10,12,16-17H,4-9H2,(H2,20,23)/t12-,16+,17+/m1/s1. The van der Waals surface area contributed by atoms with Crippen LogP contribution in [0.4, 0.5) is 8.78 Å². The van der Waals surface area contributed by atoms with Crippen molar-refractivity contribution in [3.8, 4) is 0 Å². The van der Waals surface area contributed by atoms with E-state index in [0.717, 1.165) is 32.0 Å². The van der Waals surface area contributed by atoms with Gasteiger partial charge in [-0.05, 0) is 43.5 Å². The third-order valence-electron chi connectivity index (χ3n) is 5.83. The van der Waals surface area contributed by atoms with Crippen LogP contribution >= 0.6 is 0 Å². The predicted octanol–water partition coefficient (Wildman–Crippen LogP) is 1.31. The van der Waals surface area contributed by atoms with E-state index < -0.39 is 11.6 Å². The van der Waals surface area contributed by atoms with Gasteiger partial charge in [0, 0.05) is 24.5 Å². The molecule has 5 rings (SSSR count). The van der Waals surface area contributed by atoms with Crippen molar-refractivity contribution >= 4 is 5.91 Å². The maximum Gasteiger partial charge on any atom is 0.231 e. The fourth-order valence-electron chi connectivity index (χ4n) is 5.00. The average molecular weight is 321 g/mol. The Morgan fingerprint density at radius 3 is 2.65 bits per heavy atom. The first-order valence-corrected chi connectivity index (χ1v) is 8.26. The topological polar surface area (TPSA) is 49.6 Å². The van der Waals surface area contributed by atoms with Crippen LogP contribution in [-0.2, 0) is 4.79 Å². The summed E-state index contributed by atoms with van der Waals surface area (Å²) in [6.07, 6.45) is 2.21. The Morgan fingerprint density at radius 2 is 1.96 bits per heavy atom. The van der Waals surface area contributed by atoms with Gasteiger partial charge in [0.25, 0.3) is 0 Å². The first-order valence-electron chi connectivity index (χ1n) is 8.26. The van der Waals surface area contributed by atoms with Crippen molar-refractivity contribution in [2.45, 2.75) is 30.8 Å². The van der Waals surface area contributed by atoms with E-state index in [2.05, 4.69) is 9.80 Å². The number of halogens is 2. The summed E-state index contributed by atoms with van der Waals surface area (Å²) in [6.45, 7) is 2.76. The molecule has 0 radical (unpaired) electrons. The second-order valence-electron chi connectivity index (χ2n) is 7.00. The van der Waals surface area contributed by atoms with Crippen molar-refractivity contribution in [3.05, 3.63) is 35.4 Å². The lowest BCUT2D eigenvalue weighted by Gasteiger charge is -2.51. The van der Waals surface area contributed by atoms with Crippen molar-refractivity contribution in [2.24, 2.45) is 11.7 Å². The van der Waals surface area contributed by atoms with Crippen molar-refractivity contribution in [1.29, 1.82) is 0 Å². The Morgan fingerprint density at radius 1 is 1.22 bits per heavy atom. The van der Waals surface area contributed by atoms with E-state index >= 15 is 0 Å². The minimum Gasteiger partial charge on any atom is -0.369 e. The molecule has 0 saturated carbocycles. The van der Waals surface area contributed by atoms with E-state index in [-0.39, 0.29) is 30.5 Å². The van der Waals surface area contributed by atoms with Crippen LogP contribution in [-0.4, -0.2) is 54.0 Å². The van der Waals surface area contributed by atoms with Crippen LogP contribution in [0.5, 0.6) is 0 Å². The summed E-state index contributed by atoms with van der Waals surface area (Å²) in [4.78, 5) is 15.9. The molecule has 6 heteroatoms. The van der Waals surface area contributed by atoms with Gasteiger partial charge in [-0.3, -0.25) is 14.6 Å². The molecule has 23 heavy (non-hydrogen) atoms. The lowest BCUT2D eigenvalue weighted by atomic mass is 9.75. The highest BCUT2D eigenvalue weighted by molar-refractivity contribution is 5.76. The summed E-state index contributed by atoms with van der Waals surface area (Å²) in [5.41, 5.74) is 5.83. The van der Waals surface area contributed by atoms with Crippen LogP contribution in [0, 0.1) is 17.6 Å². The third-order valence-corrected chi connectivity index (χ3v) is 5.83. The number of primary amides is 1. The number of amides is 1. The fraction of sp³-hybridized carbons (Fsp3) is 0.588. The lowest BCUT2D eigenvalue weighted by Crippen LogP contribution is -2.60. The zero-order valence-corrected chi connectivity index (χ0v) is 12.9. The quantitative estimate of drug-likeness (QED) is 0.913. The SMILES string of the molecule is NC(=O)CN1C[C@H](c2cccc(F)c2F)[C@H]2[C@@H]1C1CCN2CC1. The van der Waals surface area contributed by atoms with Gasteiger partial charge in [-0.25, -0.2) is 8.78 Å². The van der Waals surface area contributed by atoms with Gasteiger partial charge < -0.3 is 5.73 Å². The van der Waals surface area contributed by atoms with Crippen LogP contribution in [0.25, 0.3) is 0 Å². The third kappa shape index (κ3) is 2.35. The van der Waals surface area contributed by atoms with Crippen molar-refractivity contribution in [3.63, 3.8) is 0 Å². The monoisotopic (exact) mass is 321 g/mol. The lowest BCUT2D eigenvalue weighted by molar-refractivity contribution is -0.120. The van der Waals surface area contributed by atoms with Crippen LogP contribution in [0.2, 0.25) is 0 Å². The van der Waals surface area contributed by atoms with Gasteiger partial charge in [0.15, 0.2) is 11.6 Å². The Kier molecular flexibility index (Phi) is 3.61. The molecule has 4 aliphatic rings. The largest absolute Gasteiger partial charge is 0.369 e. The molecule has 0 aromatic heterocycles. The number of hydrogen-bond acceptors (Lipinski definition) is 3. The van der Waals surface area contributed by atoms with Crippen LogP contribution in [0.1, 0.15) is 24.3 Å². The summed E-state index contributed by atoms with van der Waals surface area (Å²) in [5, 5.41) is 0. The van der Waals surface area contributed by atoms with Crippen molar-refractivity contribution < 1.29 is 13.6 Å². The molecule has 1 amide bonds. The maximum absolute atomic E-state index is 14.3. The first-order chi connectivity index (χ1) is 11.1. The van der Waals surface area contributed by atoms with Crippen LogP contribution in [0.3, 0.4) is 0 Å². The Labute approximate surface area is 134 Å². The highest BCUT2D eigenvalue weighted by Gasteiger charge is 2.53. The number of rotatable bonds is 3. The number of likely N-dealkylation sites (tertiary alicyclic amines) is 1. The van der Waals surface area contributed by atoms with Gasteiger partial charge in [-0.15, -0.1) is 0 Å². The van der Waals surface area contributed by atoms with Crippen LogP contribution in [0.15, 0.2) is 18.2 Å². The maximum atomic E-state index is 14.3. The number of piperidine rings is 3. The summed E-state index contributed by atoms with van der Waals surface area (Å²) in [5.74, 6) is -1.51. The first kappa shape index (κ1) is 15.0. The summed E-state index contributed by atoms with van der Waals surface area (Å²) in [7, 11) is 0. The molecule has 4 fully saturated rings. The molecule has 2 bridgehead atoms. The number of benzene rings is 1. The summed E-state index contributed by atoms with van der Waals surface area (Å²) >= 11 is 0. The number of carbonyl (C=O) groups is 1. The minimum absolute atomic E-state index is 0.113. The molecular formula is C17H21F2N3O. The average Bonchev–Trinajstić information content (AvgIpc) is 2.92. The second-order valence-corrected chi connectivity index (χ2v) is 7.00. The molecular weight excluding hydrogens is 300 g/mol. The Balaban J connectivity index is 1.72. The fourth-order valence-corrected chi connectivity index (χ4v) is 5.00. The summed E-state index contributed by atoms with van der Waals surface area (Å²) < 4.78 is 28.0. The molecule has 4 aliphatic heterocycles. The molecule has 0 aliphatic carbocycles. The number of carbonyl (C=O) groups excluding carboxylic acids is 1. The van der Waals surface area contributed by atoms with E-state index in [9.17, 15) is 13.6 Å². The van der Waals surface area contributed by atoms with E-state index in [0.29, 0.717) is 18.0 Å². The number of hydrogen-bond donors (Lipinski definition) is 1. The molecule has 124 valence electrons. The highest BCUT2D eigenvalue weighted by atomic mass is 19.2. The Bertz CT molecular complexity index is 630. The highest BCUT2D eigenvalue weighted by Crippen LogP contribution is 2.46. The predicted molar refractivity (Wildman–Crippen MR) is 81.7 cm³/mol. The number of fused-ring (bicyclic) bond motifs is 2. The van der Waals surface area contributed by atoms with Crippen molar-refractivity contribution in [1.82, 2.24) is 9.80 Å². The molecule has 1 aromatic carbocycles. The van der Waals surface area contributed by atoms with E-state index in [1.54, 1.807) is 12.1 Å². The second kappa shape index (κ2) is 5.53. The van der Waals surface area contributed by atoms with Gasteiger partial charge in [0.1, 0.15) is 0 Å².